The van der Waals surface area contributed by atoms with Crippen molar-refractivity contribution in [2.75, 3.05) is 5.32 Å². The van der Waals surface area contributed by atoms with Crippen LogP contribution < -0.4 is 11.1 Å². The van der Waals surface area contributed by atoms with Gasteiger partial charge in [0.25, 0.3) is 11.8 Å². The fourth-order valence-electron chi connectivity index (χ4n) is 3.70. The maximum absolute atomic E-state index is 12.9. The third kappa shape index (κ3) is 2.88. The van der Waals surface area contributed by atoms with Crippen molar-refractivity contribution < 1.29 is 9.59 Å². The molecule has 0 radical (unpaired) electrons. The molecule has 1 atom stereocenters. The molecule has 0 fully saturated rings. The predicted molar refractivity (Wildman–Crippen MR) is 106 cm³/mol. The van der Waals surface area contributed by atoms with Crippen molar-refractivity contribution in [3.63, 3.8) is 0 Å². The fraction of sp³-hybridized carbons (Fsp3) is 0.238. The normalized spacial score (nSPS) is 16.3. The maximum Gasteiger partial charge on any atom is 0.256 e. The molecule has 4 nitrogen and oxygen atoms in total. The van der Waals surface area contributed by atoms with Gasteiger partial charge in [-0.05, 0) is 47.6 Å². The molecular weight excluding hydrogens is 344 g/mol. The smallest absolute Gasteiger partial charge is 0.256 e. The number of anilines is 1. The topological polar surface area (TPSA) is 72.2 Å². The van der Waals surface area contributed by atoms with Crippen molar-refractivity contribution in [3.8, 4) is 0 Å². The Hall–Kier alpha value is -2.66. The standard InChI is InChI=1S/C21H20N2O2S/c1-12-9-10-17-16(11-12)18(19(22)24)21(26-17)23-20(25)15-8-4-6-13-5-2-3-7-14(13)15/h2-8,12H,9-11H2,1H3,(H2,22,24)(H,23,25). The Bertz CT molecular complexity index is 1020. The van der Waals surface area contributed by atoms with Gasteiger partial charge in [-0.15, -0.1) is 11.3 Å². The molecule has 0 spiro atoms. The summed E-state index contributed by atoms with van der Waals surface area (Å²) in [5, 5.41) is 5.43. The number of amides is 2. The van der Waals surface area contributed by atoms with E-state index in [0.717, 1.165) is 35.6 Å². The van der Waals surface area contributed by atoms with E-state index in [1.54, 1.807) is 6.07 Å². The first-order valence-electron chi connectivity index (χ1n) is 8.78. The minimum atomic E-state index is -0.468. The first kappa shape index (κ1) is 16.8. The number of primary amides is 1. The van der Waals surface area contributed by atoms with Gasteiger partial charge in [-0.25, -0.2) is 0 Å². The zero-order chi connectivity index (χ0) is 18.3. The molecule has 2 aromatic carbocycles. The Morgan fingerprint density at radius 3 is 2.73 bits per heavy atom. The number of thiophene rings is 1. The highest BCUT2D eigenvalue weighted by Crippen LogP contribution is 2.39. The van der Waals surface area contributed by atoms with E-state index in [9.17, 15) is 9.59 Å². The Morgan fingerprint density at radius 2 is 1.92 bits per heavy atom. The number of hydrogen-bond donors (Lipinski definition) is 2. The lowest BCUT2D eigenvalue weighted by molar-refractivity contribution is 0.1000. The van der Waals surface area contributed by atoms with Crippen LogP contribution in [0.4, 0.5) is 5.00 Å². The molecule has 2 amide bonds. The van der Waals surface area contributed by atoms with E-state index in [1.807, 2.05) is 36.4 Å². The molecule has 26 heavy (non-hydrogen) atoms. The minimum Gasteiger partial charge on any atom is -0.365 e. The molecule has 1 heterocycles. The van der Waals surface area contributed by atoms with Gasteiger partial charge < -0.3 is 11.1 Å². The predicted octanol–water partition coefficient (Wildman–Crippen LogP) is 4.38. The number of hydrogen-bond acceptors (Lipinski definition) is 3. The minimum absolute atomic E-state index is 0.212. The molecule has 3 N–H and O–H groups in total. The van der Waals surface area contributed by atoms with Crippen LogP contribution in [0.1, 0.15) is 44.5 Å². The number of carbonyl (C=O) groups is 2. The summed E-state index contributed by atoms with van der Waals surface area (Å²) in [6, 6.07) is 13.4. The van der Waals surface area contributed by atoms with Gasteiger partial charge in [0.05, 0.1) is 5.56 Å². The van der Waals surface area contributed by atoms with Crippen molar-refractivity contribution in [2.45, 2.75) is 26.2 Å². The summed E-state index contributed by atoms with van der Waals surface area (Å²) in [6.45, 7) is 2.18. The van der Waals surface area contributed by atoms with Gasteiger partial charge in [-0.3, -0.25) is 9.59 Å². The van der Waals surface area contributed by atoms with Crippen LogP contribution in [-0.2, 0) is 12.8 Å². The van der Waals surface area contributed by atoms with E-state index in [0.29, 0.717) is 22.0 Å². The van der Waals surface area contributed by atoms with E-state index in [4.69, 9.17) is 5.73 Å². The van der Waals surface area contributed by atoms with Gasteiger partial charge in [0.15, 0.2) is 0 Å². The molecule has 3 aromatic rings. The van der Waals surface area contributed by atoms with Crippen LogP contribution in [0, 0.1) is 5.92 Å². The molecule has 0 saturated carbocycles. The summed E-state index contributed by atoms with van der Waals surface area (Å²) in [5.41, 5.74) is 7.76. The number of nitrogens with one attached hydrogen (secondary N) is 1. The summed E-state index contributed by atoms with van der Waals surface area (Å²) in [6.07, 6.45) is 2.88. The summed E-state index contributed by atoms with van der Waals surface area (Å²) in [4.78, 5) is 26.2. The van der Waals surface area contributed by atoms with Crippen LogP contribution in [0.5, 0.6) is 0 Å². The molecule has 1 aliphatic carbocycles. The second-order valence-corrected chi connectivity index (χ2v) is 8.01. The lowest BCUT2D eigenvalue weighted by atomic mass is 9.87. The number of rotatable bonds is 3. The zero-order valence-corrected chi connectivity index (χ0v) is 15.4. The molecule has 0 aliphatic heterocycles. The number of benzene rings is 2. The average molecular weight is 364 g/mol. The largest absolute Gasteiger partial charge is 0.365 e. The van der Waals surface area contributed by atoms with Gasteiger partial charge in [0, 0.05) is 10.4 Å². The van der Waals surface area contributed by atoms with Crippen molar-refractivity contribution in [1.82, 2.24) is 0 Å². The average Bonchev–Trinajstić information content (AvgIpc) is 2.98. The SMILES string of the molecule is CC1CCc2sc(NC(=O)c3cccc4ccccc34)c(C(N)=O)c2C1. The lowest BCUT2D eigenvalue weighted by Crippen LogP contribution is -2.20. The monoisotopic (exact) mass is 364 g/mol. The molecule has 1 aromatic heterocycles. The second kappa shape index (κ2) is 6.57. The van der Waals surface area contributed by atoms with E-state index in [2.05, 4.69) is 12.2 Å². The Morgan fingerprint density at radius 1 is 1.15 bits per heavy atom. The quantitative estimate of drug-likeness (QED) is 0.724. The van der Waals surface area contributed by atoms with Crippen molar-refractivity contribution in [2.24, 2.45) is 11.7 Å². The third-order valence-corrected chi connectivity index (χ3v) is 6.22. The first-order valence-corrected chi connectivity index (χ1v) is 9.59. The number of carbonyl (C=O) groups excluding carboxylic acids is 2. The van der Waals surface area contributed by atoms with Crippen LogP contribution >= 0.6 is 11.3 Å². The molecule has 4 rings (SSSR count). The van der Waals surface area contributed by atoms with Crippen molar-refractivity contribution in [1.29, 1.82) is 0 Å². The molecule has 132 valence electrons. The highest BCUT2D eigenvalue weighted by molar-refractivity contribution is 7.17. The van der Waals surface area contributed by atoms with Crippen LogP contribution in [0.3, 0.4) is 0 Å². The number of nitrogens with two attached hydrogens (primary N) is 1. The Labute approximate surface area is 156 Å². The van der Waals surface area contributed by atoms with Gasteiger partial charge >= 0.3 is 0 Å². The molecular formula is C21H20N2O2S. The maximum atomic E-state index is 12.9. The molecule has 5 heteroatoms. The van der Waals surface area contributed by atoms with Gasteiger partial charge in [0.1, 0.15) is 5.00 Å². The van der Waals surface area contributed by atoms with Crippen LogP contribution in [0.2, 0.25) is 0 Å². The zero-order valence-electron chi connectivity index (χ0n) is 14.5. The molecule has 1 unspecified atom stereocenters. The highest BCUT2D eigenvalue weighted by Gasteiger charge is 2.27. The van der Waals surface area contributed by atoms with E-state index < -0.39 is 5.91 Å². The second-order valence-electron chi connectivity index (χ2n) is 6.90. The number of fused-ring (bicyclic) bond motifs is 2. The Kier molecular flexibility index (Phi) is 4.24. The number of aryl methyl sites for hydroxylation is 1. The van der Waals surface area contributed by atoms with E-state index in [-0.39, 0.29) is 5.91 Å². The molecule has 0 bridgehead atoms. The van der Waals surface area contributed by atoms with Crippen molar-refractivity contribution in [3.05, 3.63) is 64.0 Å². The molecule has 1 aliphatic rings. The van der Waals surface area contributed by atoms with Gasteiger partial charge in [0.2, 0.25) is 0 Å². The summed E-state index contributed by atoms with van der Waals surface area (Å²) >= 11 is 1.49. The highest BCUT2D eigenvalue weighted by atomic mass is 32.1. The molecule has 0 saturated heterocycles. The van der Waals surface area contributed by atoms with E-state index >= 15 is 0 Å². The van der Waals surface area contributed by atoms with E-state index in [1.165, 1.54) is 16.2 Å². The van der Waals surface area contributed by atoms with Crippen LogP contribution in [-0.4, -0.2) is 11.8 Å². The lowest BCUT2D eigenvalue weighted by Gasteiger charge is -2.18. The summed E-state index contributed by atoms with van der Waals surface area (Å²) in [7, 11) is 0. The first-order chi connectivity index (χ1) is 12.5. The van der Waals surface area contributed by atoms with Crippen LogP contribution in [0.15, 0.2) is 42.5 Å². The van der Waals surface area contributed by atoms with Crippen molar-refractivity contribution >= 4 is 38.9 Å². The third-order valence-electron chi connectivity index (χ3n) is 5.02. The summed E-state index contributed by atoms with van der Waals surface area (Å²) < 4.78 is 0. The fourth-order valence-corrected chi connectivity index (χ4v) is 4.95. The Balaban J connectivity index is 1.73. The van der Waals surface area contributed by atoms with Gasteiger partial charge in [-0.1, -0.05) is 43.3 Å². The summed E-state index contributed by atoms with van der Waals surface area (Å²) in [5.74, 6) is -0.155. The van der Waals surface area contributed by atoms with Gasteiger partial charge in [-0.2, -0.15) is 0 Å². The van der Waals surface area contributed by atoms with Crippen LogP contribution in [0.25, 0.3) is 10.8 Å².